The van der Waals surface area contributed by atoms with Gasteiger partial charge in [-0.15, -0.1) is 0 Å². The molecule has 6 nitrogen and oxygen atoms in total. The van der Waals surface area contributed by atoms with E-state index in [0.717, 1.165) is 22.3 Å². The van der Waals surface area contributed by atoms with Gasteiger partial charge in [0.2, 0.25) is 15.9 Å². The van der Waals surface area contributed by atoms with Gasteiger partial charge in [0, 0.05) is 25.6 Å². The maximum Gasteiger partial charge on any atom is 0.243 e. The van der Waals surface area contributed by atoms with Crippen LogP contribution in [0.5, 0.6) is 0 Å². The smallest absolute Gasteiger partial charge is 0.243 e. The largest absolute Gasteiger partial charge is 0.374 e. The van der Waals surface area contributed by atoms with Crippen LogP contribution in [0.15, 0.2) is 47.4 Å². The molecule has 174 valence electrons. The molecule has 0 aliphatic carbocycles. The zero-order valence-electron chi connectivity index (χ0n) is 19.4. The maximum atomic E-state index is 13.0. The van der Waals surface area contributed by atoms with Crippen molar-refractivity contribution in [1.82, 2.24) is 9.62 Å². The van der Waals surface area contributed by atoms with Crippen molar-refractivity contribution in [2.75, 3.05) is 13.1 Å². The lowest BCUT2D eigenvalue weighted by Crippen LogP contribution is -2.43. The molecular weight excluding hydrogens is 424 g/mol. The van der Waals surface area contributed by atoms with Crippen LogP contribution in [-0.2, 0) is 32.7 Å². The number of rotatable bonds is 8. The minimum atomic E-state index is -3.54. The van der Waals surface area contributed by atoms with Gasteiger partial charge in [0.05, 0.1) is 17.6 Å². The summed E-state index contributed by atoms with van der Waals surface area (Å²) in [5.74, 6) is -0.180. The lowest BCUT2D eigenvalue weighted by Gasteiger charge is -2.31. The average Bonchev–Trinajstić information content (AvgIpc) is 2.76. The van der Waals surface area contributed by atoms with Crippen LogP contribution in [-0.4, -0.2) is 37.8 Å². The fraction of sp³-hybridized carbons (Fsp3) is 0.480. The number of sulfonamides is 1. The second-order valence-electron chi connectivity index (χ2n) is 8.84. The van der Waals surface area contributed by atoms with Gasteiger partial charge < -0.3 is 10.1 Å². The zero-order chi connectivity index (χ0) is 23.3. The Morgan fingerprint density at radius 2 is 1.69 bits per heavy atom. The number of carbonyl (C=O) groups excluding carboxylic acids is 1. The third-order valence-corrected chi connectivity index (χ3v) is 7.90. The molecule has 2 aromatic carbocycles. The van der Waals surface area contributed by atoms with E-state index < -0.39 is 10.0 Å². The topological polar surface area (TPSA) is 75.7 Å². The molecule has 0 aromatic heterocycles. The summed E-state index contributed by atoms with van der Waals surface area (Å²) in [4.78, 5) is 13.0. The summed E-state index contributed by atoms with van der Waals surface area (Å²) >= 11 is 0. The van der Waals surface area contributed by atoms with E-state index in [9.17, 15) is 13.2 Å². The van der Waals surface area contributed by atoms with Crippen LogP contribution in [0, 0.1) is 19.8 Å². The van der Waals surface area contributed by atoms with Crippen LogP contribution < -0.4 is 5.32 Å². The molecule has 0 unspecified atom stereocenters. The van der Waals surface area contributed by atoms with E-state index in [1.54, 1.807) is 6.07 Å². The van der Waals surface area contributed by atoms with E-state index in [1.807, 2.05) is 64.1 Å². The third-order valence-electron chi connectivity index (χ3n) is 5.85. The maximum absolute atomic E-state index is 13.0. The number of ether oxygens (including phenoxy) is 1. The van der Waals surface area contributed by atoms with Crippen molar-refractivity contribution in [1.29, 1.82) is 0 Å². The van der Waals surface area contributed by atoms with Gasteiger partial charge in [0.25, 0.3) is 0 Å². The van der Waals surface area contributed by atoms with Gasteiger partial charge in [0.1, 0.15) is 0 Å². The van der Waals surface area contributed by atoms with E-state index in [4.69, 9.17) is 4.74 Å². The Kier molecular flexibility index (Phi) is 8.09. The number of hydrogen-bond donors (Lipinski definition) is 1. The molecule has 1 heterocycles. The third kappa shape index (κ3) is 6.18. The summed E-state index contributed by atoms with van der Waals surface area (Å²) in [5.41, 5.74) is 3.93. The molecule has 0 spiro atoms. The molecule has 1 aliphatic rings. The van der Waals surface area contributed by atoms with E-state index in [1.165, 1.54) is 4.31 Å². The van der Waals surface area contributed by atoms with E-state index in [0.29, 0.717) is 44.0 Å². The molecule has 7 heteroatoms. The van der Waals surface area contributed by atoms with Gasteiger partial charge in [-0.1, -0.05) is 42.0 Å². The van der Waals surface area contributed by atoms with Crippen molar-refractivity contribution in [2.45, 2.75) is 64.7 Å². The number of amides is 1. The van der Waals surface area contributed by atoms with Crippen LogP contribution in [0.1, 0.15) is 48.9 Å². The number of aryl methyl sites for hydroxylation is 2. The number of piperidine rings is 1. The number of benzene rings is 2. The van der Waals surface area contributed by atoms with Crippen molar-refractivity contribution in [3.63, 3.8) is 0 Å². The first-order valence-corrected chi connectivity index (χ1v) is 12.7. The molecule has 0 saturated carbocycles. The molecule has 0 radical (unpaired) electrons. The van der Waals surface area contributed by atoms with Crippen LogP contribution in [0.4, 0.5) is 0 Å². The molecular formula is C25H34N2O4S. The predicted octanol–water partition coefficient (Wildman–Crippen LogP) is 3.95. The zero-order valence-corrected chi connectivity index (χ0v) is 20.2. The Hall–Kier alpha value is -2.22. The fourth-order valence-corrected chi connectivity index (χ4v) is 5.61. The quantitative estimate of drug-likeness (QED) is 0.650. The molecule has 3 rings (SSSR count). The van der Waals surface area contributed by atoms with Gasteiger partial charge in [0.15, 0.2) is 0 Å². The van der Waals surface area contributed by atoms with Crippen molar-refractivity contribution < 1.29 is 17.9 Å². The van der Waals surface area contributed by atoms with Crippen molar-refractivity contribution in [3.05, 3.63) is 64.7 Å². The molecule has 1 N–H and O–H groups in total. The second kappa shape index (κ2) is 10.6. The molecule has 0 bridgehead atoms. The number of nitrogens with zero attached hydrogens (tertiary/aromatic N) is 1. The Bertz CT molecular complexity index is 1020. The van der Waals surface area contributed by atoms with Crippen molar-refractivity contribution >= 4 is 15.9 Å². The Labute approximate surface area is 192 Å². The number of nitrogens with one attached hydrogen (secondary N) is 1. The average molecular weight is 459 g/mol. The molecule has 1 fully saturated rings. The van der Waals surface area contributed by atoms with Crippen LogP contribution >= 0.6 is 0 Å². The summed E-state index contributed by atoms with van der Waals surface area (Å²) in [6.45, 7) is 9.55. The van der Waals surface area contributed by atoms with Crippen molar-refractivity contribution in [3.8, 4) is 0 Å². The highest BCUT2D eigenvalue weighted by Crippen LogP contribution is 2.26. The number of carbonyl (C=O) groups is 1. The van der Waals surface area contributed by atoms with E-state index >= 15 is 0 Å². The molecule has 1 saturated heterocycles. The number of hydrogen-bond acceptors (Lipinski definition) is 4. The first kappa shape index (κ1) is 24.4. The lowest BCUT2D eigenvalue weighted by molar-refractivity contribution is -0.126. The highest BCUT2D eigenvalue weighted by Gasteiger charge is 2.32. The molecule has 1 amide bonds. The first-order valence-electron chi connectivity index (χ1n) is 11.2. The van der Waals surface area contributed by atoms with Gasteiger partial charge in [-0.05, 0) is 63.3 Å². The fourth-order valence-electron chi connectivity index (χ4n) is 3.94. The highest BCUT2D eigenvalue weighted by molar-refractivity contribution is 7.89. The van der Waals surface area contributed by atoms with E-state index in [-0.39, 0.29) is 17.9 Å². The van der Waals surface area contributed by atoms with Crippen molar-refractivity contribution in [2.24, 2.45) is 5.92 Å². The summed E-state index contributed by atoms with van der Waals surface area (Å²) < 4.78 is 33.2. The minimum absolute atomic E-state index is 0.0132. The standard InChI is InChI=1S/C25H34N2O4S/c1-18(2)31-17-22-8-6-21(7-9-22)16-26-25(28)23-11-13-27(14-12-23)32(29,30)24-10-5-19(3)15-20(24)4/h5-10,15,18,23H,11-14,16-17H2,1-4H3,(H,26,28). The summed E-state index contributed by atoms with van der Waals surface area (Å²) in [5, 5.41) is 3.00. The lowest BCUT2D eigenvalue weighted by atomic mass is 9.97. The van der Waals surface area contributed by atoms with Gasteiger partial charge in [-0.2, -0.15) is 4.31 Å². The van der Waals surface area contributed by atoms with Gasteiger partial charge in [-0.25, -0.2) is 8.42 Å². The molecule has 0 atom stereocenters. The summed E-state index contributed by atoms with van der Waals surface area (Å²) in [6, 6.07) is 13.4. The predicted molar refractivity (Wildman–Crippen MR) is 126 cm³/mol. The Balaban J connectivity index is 1.50. The molecule has 32 heavy (non-hydrogen) atoms. The molecule has 2 aromatic rings. The first-order chi connectivity index (χ1) is 15.2. The SMILES string of the molecule is Cc1ccc(S(=O)(=O)N2CCC(C(=O)NCc3ccc(COC(C)C)cc3)CC2)c(C)c1. The van der Waals surface area contributed by atoms with E-state index in [2.05, 4.69) is 5.32 Å². The summed E-state index contributed by atoms with van der Waals surface area (Å²) in [7, 11) is -3.54. The normalized spacial score (nSPS) is 15.8. The van der Waals surface area contributed by atoms with Gasteiger partial charge >= 0.3 is 0 Å². The summed E-state index contributed by atoms with van der Waals surface area (Å²) in [6.07, 6.45) is 1.25. The molecule has 1 aliphatic heterocycles. The van der Waals surface area contributed by atoms with Crippen LogP contribution in [0.25, 0.3) is 0 Å². The highest BCUT2D eigenvalue weighted by atomic mass is 32.2. The van der Waals surface area contributed by atoms with Crippen LogP contribution in [0.3, 0.4) is 0 Å². The van der Waals surface area contributed by atoms with Crippen LogP contribution in [0.2, 0.25) is 0 Å². The van der Waals surface area contributed by atoms with Gasteiger partial charge in [-0.3, -0.25) is 4.79 Å². The second-order valence-corrected chi connectivity index (χ2v) is 10.7. The monoisotopic (exact) mass is 458 g/mol. The Morgan fingerprint density at radius 3 is 2.28 bits per heavy atom. The minimum Gasteiger partial charge on any atom is -0.374 e. The Morgan fingerprint density at radius 1 is 1.06 bits per heavy atom.